The van der Waals surface area contributed by atoms with Gasteiger partial charge in [-0.15, -0.1) is 11.3 Å². The van der Waals surface area contributed by atoms with Crippen molar-refractivity contribution < 1.29 is 0 Å². The standard InChI is InChI=1S/C14H23ClN2S/c1-10-3-5-11(6-4-10)17(2)12(9-16)13-7-8-14(15)18-13/h7-8,10-12H,3-6,9,16H2,1-2H3. The molecule has 4 heteroatoms. The Morgan fingerprint density at radius 3 is 2.56 bits per heavy atom. The summed E-state index contributed by atoms with van der Waals surface area (Å²) in [5.41, 5.74) is 5.97. The van der Waals surface area contributed by atoms with E-state index in [1.807, 2.05) is 6.07 Å². The first-order valence-electron chi connectivity index (χ1n) is 6.79. The van der Waals surface area contributed by atoms with Crippen molar-refractivity contribution in [2.24, 2.45) is 11.7 Å². The summed E-state index contributed by atoms with van der Waals surface area (Å²) in [6, 6.07) is 5.09. The van der Waals surface area contributed by atoms with Crippen LogP contribution >= 0.6 is 22.9 Å². The van der Waals surface area contributed by atoms with E-state index in [0.717, 1.165) is 10.3 Å². The first kappa shape index (κ1) is 14.3. The number of likely N-dealkylation sites (N-methyl/N-ethyl adjacent to an activating group) is 1. The highest BCUT2D eigenvalue weighted by molar-refractivity contribution is 7.16. The molecule has 0 aliphatic heterocycles. The van der Waals surface area contributed by atoms with Gasteiger partial charge in [0.15, 0.2) is 0 Å². The molecule has 2 nitrogen and oxygen atoms in total. The van der Waals surface area contributed by atoms with Crippen molar-refractivity contribution in [1.82, 2.24) is 4.90 Å². The van der Waals surface area contributed by atoms with E-state index < -0.39 is 0 Å². The molecule has 2 rings (SSSR count). The van der Waals surface area contributed by atoms with Gasteiger partial charge in [0, 0.05) is 17.5 Å². The smallest absolute Gasteiger partial charge is 0.0931 e. The predicted octanol–water partition coefficient (Wildman–Crippen LogP) is 3.91. The lowest BCUT2D eigenvalue weighted by Crippen LogP contribution is -2.40. The molecule has 1 aromatic rings. The Balaban J connectivity index is 2.03. The van der Waals surface area contributed by atoms with Gasteiger partial charge in [0.25, 0.3) is 0 Å². The summed E-state index contributed by atoms with van der Waals surface area (Å²) >= 11 is 7.69. The molecule has 1 heterocycles. The zero-order valence-corrected chi connectivity index (χ0v) is 12.8. The Morgan fingerprint density at radius 2 is 2.06 bits per heavy atom. The molecule has 1 saturated carbocycles. The minimum atomic E-state index is 0.320. The number of halogens is 1. The molecule has 18 heavy (non-hydrogen) atoms. The van der Waals surface area contributed by atoms with Gasteiger partial charge >= 0.3 is 0 Å². The molecule has 0 radical (unpaired) electrons. The van der Waals surface area contributed by atoms with Crippen LogP contribution in [-0.2, 0) is 0 Å². The summed E-state index contributed by atoms with van der Waals surface area (Å²) in [6.45, 7) is 3.02. The third-order valence-electron chi connectivity index (χ3n) is 4.20. The van der Waals surface area contributed by atoms with E-state index in [1.165, 1.54) is 30.6 Å². The highest BCUT2D eigenvalue weighted by atomic mass is 35.5. The van der Waals surface area contributed by atoms with Crippen molar-refractivity contribution in [3.8, 4) is 0 Å². The van der Waals surface area contributed by atoms with E-state index in [2.05, 4.69) is 24.9 Å². The summed E-state index contributed by atoms with van der Waals surface area (Å²) in [5, 5.41) is 0. The first-order valence-corrected chi connectivity index (χ1v) is 7.98. The van der Waals surface area contributed by atoms with Crippen LogP contribution in [0.25, 0.3) is 0 Å². The Morgan fingerprint density at radius 1 is 1.39 bits per heavy atom. The largest absolute Gasteiger partial charge is 0.329 e. The highest BCUT2D eigenvalue weighted by Crippen LogP contribution is 2.34. The van der Waals surface area contributed by atoms with Crippen LogP contribution in [0.3, 0.4) is 0 Å². The second-order valence-electron chi connectivity index (χ2n) is 5.47. The Bertz CT molecular complexity index is 372. The molecule has 2 N–H and O–H groups in total. The SMILES string of the molecule is CC1CCC(N(C)C(CN)c2ccc(Cl)s2)CC1. The van der Waals surface area contributed by atoms with Crippen LogP contribution in [0.1, 0.15) is 43.5 Å². The maximum Gasteiger partial charge on any atom is 0.0931 e. The van der Waals surface area contributed by atoms with Crippen LogP contribution in [0.2, 0.25) is 4.34 Å². The fraction of sp³-hybridized carbons (Fsp3) is 0.714. The summed E-state index contributed by atoms with van der Waals surface area (Å²) in [5.74, 6) is 0.891. The molecule has 1 aromatic heterocycles. The van der Waals surface area contributed by atoms with Crippen LogP contribution in [-0.4, -0.2) is 24.5 Å². The van der Waals surface area contributed by atoms with Crippen molar-refractivity contribution in [1.29, 1.82) is 0 Å². The lowest BCUT2D eigenvalue weighted by Gasteiger charge is -2.37. The number of hydrogen-bond acceptors (Lipinski definition) is 3. The minimum Gasteiger partial charge on any atom is -0.329 e. The van der Waals surface area contributed by atoms with E-state index >= 15 is 0 Å². The Kier molecular flexibility index (Phi) is 5.07. The normalized spacial score (nSPS) is 26.5. The molecule has 1 aliphatic carbocycles. The monoisotopic (exact) mass is 286 g/mol. The van der Waals surface area contributed by atoms with Gasteiger partial charge < -0.3 is 5.73 Å². The number of rotatable bonds is 4. The van der Waals surface area contributed by atoms with Gasteiger partial charge in [0.1, 0.15) is 0 Å². The first-order chi connectivity index (χ1) is 8.61. The van der Waals surface area contributed by atoms with Gasteiger partial charge in [-0.2, -0.15) is 0 Å². The van der Waals surface area contributed by atoms with Gasteiger partial charge in [0.2, 0.25) is 0 Å². The number of thiophene rings is 1. The fourth-order valence-corrected chi connectivity index (χ4v) is 4.12. The molecular formula is C14H23ClN2S. The Labute approximate surface area is 119 Å². The molecule has 0 saturated heterocycles. The number of nitrogens with zero attached hydrogens (tertiary/aromatic N) is 1. The zero-order valence-electron chi connectivity index (χ0n) is 11.2. The van der Waals surface area contributed by atoms with Gasteiger partial charge in [-0.3, -0.25) is 4.90 Å². The molecule has 0 spiro atoms. The summed E-state index contributed by atoms with van der Waals surface area (Å²) in [4.78, 5) is 3.76. The summed E-state index contributed by atoms with van der Waals surface area (Å²) in [7, 11) is 2.21. The van der Waals surface area contributed by atoms with Crippen LogP contribution in [0.4, 0.5) is 0 Å². The van der Waals surface area contributed by atoms with Gasteiger partial charge in [0.05, 0.1) is 10.4 Å². The predicted molar refractivity (Wildman–Crippen MR) is 80.3 cm³/mol. The van der Waals surface area contributed by atoms with Crippen LogP contribution < -0.4 is 5.73 Å². The third kappa shape index (κ3) is 3.27. The van der Waals surface area contributed by atoms with E-state index in [0.29, 0.717) is 18.6 Å². The second kappa shape index (κ2) is 6.38. The van der Waals surface area contributed by atoms with E-state index in [4.69, 9.17) is 17.3 Å². The van der Waals surface area contributed by atoms with E-state index in [1.54, 1.807) is 11.3 Å². The zero-order chi connectivity index (χ0) is 13.1. The third-order valence-corrected chi connectivity index (χ3v) is 5.53. The van der Waals surface area contributed by atoms with Crippen LogP contribution in [0, 0.1) is 5.92 Å². The molecule has 0 aromatic carbocycles. The number of hydrogen-bond donors (Lipinski definition) is 1. The second-order valence-corrected chi connectivity index (χ2v) is 7.22. The van der Waals surface area contributed by atoms with Crippen molar-refractivity contribution in [2.45, 2.75) is 44.7 Å². The molecule has 1 atom stereocenters. The highest BCUT2D eigenvalue weighted by Gasteiger charge is 2.27. The van der Waals surface area contributed by atoms with Crippen molar-refractivity contribution >= 4 is 22.9 Å². The fourth-order valence-electron chi connectivity index (χ4n) is 2.89. The van der Waals surface area contributed by atoms with E-state index in [9.17, 15) is 0 Å². The lowest BCUT2D eigenvalue weighted by molar-refractivity contribution is 0.128. The van der Waals surface area contributed by atoms with Crippen LogP contribution in [0.5, 0.6) is 0 Å². The van der Waals surface area contributed by atoms with Gasteiger partial charge in [-0.05, 0) is 50.8 Å². The van der Waals surface area contributed by atoms with Crippen molar-refractivity contribution in [3.63, 3.8) is 0 Å². The van der Waals surface area contributed by atoms with Crippen LogP contribution in [0.15, 0.2) is 12.1 Å². The Hall–Kier alpha value is -0.0900. The lowest BCUT2D eigenvalue weighted by atomic mass is 9.86. The van der Waals surface area contributed by atoms with Crippen molar-refractivity contribution in [3.05, 3.63) is 21.3 Å². The van der Waals surface area contributed by atoms with E-state index in [-0.39, 0.29) is 0 Å². The minimum absolute atomic E-state index is 0.320. The maximum absolute atomic E-state index is 6.03. The molecule has 1 fully saturated rings. The van der Waals surface area contributed by atoms with Crippen molar-refractivity contribution in [2.75, 3.05) is 13.6 Å². The average molecular weight is 287 g/mol. The summed E-state index contributed by atoms with van der Waals surface area (Å²) in [6.07, 6.45) is 5.29. The average Bonchev–Trinajstić information content (AvgIpc) is 2.77. The molecule has 1 aliphatic rings. The quantitative estimate of drug-likeness (QED) is 0.909. The van der Waals surface area contributed by atoms with Gasteiger partial charge in [-0.1, -0.05) is 18.5 Å². The molecule has 1 unspecified atom stereocenters. The molecule has 102 valence electrons. The molecular weight excluding hydrogens is 264 g/mol. The summed E-state index contributed by atoms with van der Waals surface area (Å²) < 4.78 is 0.856. The van der Waals surface area contributed by atoms with Gasteiger partial charge in [-0.25, -0.2) is 0 Å². The molecule has 0 amide bonds. The topological polar surface area (TPSA) is 29.3 Å². The maximum atomic E-state index is 6.03. The molecule has 0 bridgehead atoms. The number of nitrogens with two attached hydrogens (primary N) is 1.